The van der Waals surface area contributed by atoms with Crippen LogP contribution in [0.5, 0.6) is 0 Å². The molecule has 0 heterocycles. The van der Waals surface area contributed by atoms with E-state index in [0.717, 1.165) is 32.7 Å². The van der Waals surface area contributed by atoms with E-state index in [2.05, 4.69) is 25.3 Å². The van der Waals surface area contributed by atoms with E-state index in [1.165, 1.54) is 0 Å². The average molecular weight is 212 g/mol. The van der Waals surface area contributed by atoms with Gasteiger partial charge < -0.3 is 9.80 Å². The van der Waals surface area contributed by atoms with Crippen LogP contribution in [0.15, 0.2) is 12.2 Å². The minimum Gasteiger partial charge on any atom is -0.338 e. The molecule has 0 saturated carbocycles. The van der Waals surface area contributed by atoms with E-state index in [4.69, 9.17) is 0 Å². The third kappa shape index (κ3) is 4.98. The van der Waals surface area contributed by atoms with E-state index in [1.807, 2.05) is 11.8 Å². The molecule has 0 saturated heterocycles. The van der Waals surface area contributed by atoms with E-state index in [-0.39, 0.29) is 5.91 Å². The van der Waals surface area contributed by atoms with Gasteiger partial charge in [-0.05, 0) is 26.9 Å². The summed E-state index contributed by atoms with van der Waals surface area (Å²) in [4.78, 5) is 15.8. The Labute approximate surface area is 93.7 Å². The van der Waals surface area contributed by atoms with Crippen molar-refractivity contribution < 1.29 is 4.79 Å². The normalized spacial score (nSPS) is 10.5. The van der Waals surface area contributed by atoms with E-state index < -0.39 is 0 Å². The first kappa shape index (κ1) is 14.2. The lowest BCUT2D eigenvalue weighted by molar-refractivity contribution is -0.127. The van der Waals surface area contributed by atoms with Gasteiger partial charge in [0, 0.05) is 25.2 Å². The molecule has 0 bridgehead atoms. The summed E-state index contributed by atoms with van der Waals surface area (Å²) in [5.41, 5.74) is 0.622. The maximum atomic E-state index is 11.7. The van der Waals surface area contributed by atoms with Crippen molar-refractivity contribution in [2.75, 3.05) is 32.7 Å². The average Bonchev–Trinajstić information content (AvgIpc) is 2.24. The van der Waals surface area contributed by atoms with E-state index >= 15 is 0 Å². The topological polar surface area (TPSA) is 23.6 Å². The van der Waals surface area contributed by atoms with Gasteiger partial charge in [0.05, 0.1) is 0 Å². The van der Waals surface area contributed by atoms with Crippen molar-refractivity contribution >= 4 is 5.91 Å². The quantitative estimate of drug-likeness (QED) is 0.600. The fourth-order valence-corrected chi connectivity index (χ4v) is 1.48. The van der Waals surface area contributed by atoms with Gasteiger partial charge in [-0.2, -0.15) is 0 Å². The number of hydrogen-bond donors (Lipinski definition) is 0. The summed E-state index contributed by atoms with van der Waals surface area (Å²) >= 11 is 0. The molecule has 3 nitrogen and oxygen atoms in total. The zero-order valence-corrected chi connectivity index (χ0v) is 10.5. The highest BCUT2D eigenvalue weighted by Crippen LogP contribution is 1.99. The van der Waals surface area contributed by atoms with Crippen molar-refractivity contribution in [2.45, 2.75) is 27.7 Å². The van der Waals surface area contributed by atoms with E-state index in [9.17, 15) is 4.79 Å². The van der Waals surface area contributed by atoms with Crippen LogP contribution in [-0.4, -0.2) is 48.4 Å². The molecule has 0 aliphatic carbocycles. The SMILES string of the molecule is C=C(C)C(=O)N(CC)CCN(CC)CC. The second-order valence-electron chi connectivity index (χ2n) is 3.69. The summed E-state index contributed by atoms with van der Waals surface area (Å²) in [7, 11) is 0. The Kier molecular flexibility index (Phi) is 7.05. The molecule has 0 rings (SSSR count). The Bertz CT molecular complexity index is 210. The molecular weight excluding hydrogens is 188 g/mol. The van der Waals surface area contributed by atoms with Crippen LogP contribution < -0.4 is 0 Å². The molecule has 0 aliphatic heterocycles. The number of rotatable bonds is 7. The van der Waals surface area contributed by atoms with Crippen LogP contribution in [0.2, 0.25) is 0 Å². The fourth-order valence-electron chi connectivity index (χ4n) is 1.48. The molecule has 3 heteroatoms. The van der Waals surface area contributed by atoms with Crippen LogP contribution in [-0.2, 0) is 4.79 Å². The van der Waals surface area contributed by atoms with Gasteiger partial charge in [-0.3, -0.25) is 4.79 Å². The number of amides is 1. The lowest BCUT2D eigenvalue weighted by Crippen LogP contribution is -2.38. The predicted octanol–water partition coefficient (Wildman–Crippen LogP) is 1.75. The highest BCUT2D eigenvalue weighted by Gasteiger charge is 2.12. The Balaban J connectivity index is 4.10. The largest absolute Gasteiger partial charge is 0.338 e. The summed E-state index contributed by atoms with van der Waals surface area (Å²) in [6.45, 7) is 16.3. The highest BCUT2D eigenvalue weighted by molar-refractivity contribution is 5.92. The minimum absolute atomic E-state index is 0.0738. The molecule has 0 aliphatic rings. The number of nitrogens with zero attached hydrogens (tertiary/aromatic N) is 2. The second kappa shape index (κ2) is 7.46. The summed E-state index contributed by atoms with van der Waals surface area (Å²) in [5, 5.41) is 0. The van der Waals surface area contributed by atoms with E-state index in [1.54, 1.807) is 6.92 Å². The van der Waals surface area contributed by atoms with Crippen LogP contribution in [0.3, 0.4) is 0 Å². The zero-order chi connectivity index (χ0) is 11.8. The van der Waals surface area contributed by atoms with Gasteiger partial charge in [-0.25, -0.2) is 0 Å². The lowest BCUT2D eigenvalue weighted by atomic mass is 10.3. The summed E-state index contributed by atoms with van der Waals surface area (Å²) < 4.78 is 0. The Morgan fingerprint density at radius 3 is 1.93 bits per heavy atom. The fraction of sp³-hybridized carbons (Fsp3) is 0.750. The predicted molar refractivity (Wildman–Crippen MR) is 64.9 cm³/mol. The van der Waals surface area contributed by atoms with Crippen LogP contribution >= 0.6 is 0 Å². The molecule has 15 heavy (non-hydrogen) atoms. The molecule has 0 spiro atoms. The first-order valence-corrected chi connectivity index (χ1v) is 5.73. The molecule has 0 N–H and O–H groups in total. The van der Waals surface area contributed by atoms with Crippen molar-refractivity contribution in [1.29, 1.82) is 0 Å². The molecule has 1 amide bonds. The second-order valence-corrected chi connectivity index (χ2v) is 3.69. The van der Waals surface area contributed by atoms with Gasteiger partial charge in [0.2, 0.25) is 5.91 Å². The smallest absolute Gasteiger partial charge is 0.248 e. The van der Waals surface area contributed by atoms with Crippen LogP contribution in [0.4, 0.5) is 0 Å². The van der Waals surface area contributed by atoms with Gasteiger partial charge in [-0.15, -0.1) is 0 Å². The van der Waals surface area contributed by atoms with Gasteiger partial charge in [-0.1, -0.05) is 20.4 Å². The molecule has 0 aromatic rings. The van der Waals surface area contributed by atoms with Crippen LogP contribution in [0.1, 0.15) is 27.7 Å². The molecule has 0 aromatic carbocycles. The summed E-state index contributed by atoms with van der Waals surface area (Å²) in [5.74, 6) is 0.0738. The monoisotopic (exact) mass is 212 g/mol. The number of carbonyl (C=O) groups is 1. The summed E-state index contributed by atoms with van der Waals surface area (Å²) in [6.07, 6.45) is 0. The van der Waals surface area contributed by atoms with Gasteiger partial charge >= 0.3 is 0 Å². The Hall–Kier alpha value is -0.830. The Morgan fingerprint density at radius 1 is 1.07 bits per heavy atom. The third-order valence-corrected chi connectivity index (χ3v) is 2.61. The molecule has 0 radical (unpaired) electrons. The highest BCUT2D eigenvalue weighted by atomic mass is 16.2. The molecule has 88 valence electrons. The third-order valence-electron chi connectivity index (χ3n) is 2.61. The van der Waals surface area contributed by atoms with Crippen molar-refractivity contribution in [2.24, 2.45) is 0 Å². The first-order chi connectivity index (χ1) is 7.06. The van der Waals surface area contributed by atoms with Crippen molar-refractivity contribution in [3.63, 3.8) is 0 Å². The van der Waals surface area contributed by atoms with Gasteiger partial charge in [0.1, 0.15) is 0 Å². The summed E-state index contributed by atoms with van der Waals surface area (Å²) in [6, 6.07) is 0. The Morgan fingerprint density at radius 2 is 1.60 bits per heavy atom. The van der Waals surface area contributed by atoms with Crippen LogP contribution in [0.25, 0.3) is 0 Å². The molecule has 0 unspecified atom stereocenters. The zero-order valence-electron chi connectivity index (χ0n) is 10.5. The number of carbonyl (C=O) groups excluding carboxylic acids is 1. The molecule has 0 atom stereocenters. The maximum absolute atomic E-state index is 11.7. The lowest BCUT2D eigenvalue weighted by Gasteiger charge is -2.25. The molecular formula is C12H24N2O. The number of likely N-dealkylation sites (N-methyl/N-ethyl adjacent to an activating group) is 2. The molecule has 0 fully saturated rings. The number of hydrogen-bond acceptors (Lipinski definition) is 2. The maximum Gasteiger partial charge on any atom is 0.248 e. The molecule has 0 aromatic heterocycles. The van der Waals surface area contributed by atoms with Gasteiger partial charge in [0.25, 0.3) is 0 Å². The van der Waals surface area contributed by atoms with Crippen LogP contribution in [0, 0.1) is 0 Å². The first-order valence-electron chi connectivity index (χ1n) is 5.73. The van der Waals surface area contributed by atoms with Crippen molar-refractivity contribution in [3.05, 3.63) is 12.2 Å². The van der Waals surface area contributed by atoms with Crippen molar-refractivity contribution in [3.8, 4) is 0 Å². The van der Waals surface area contributed by atoms with Crippen molar-refractivity contribution in [1.82, 2.24) is 9.80 Å². The van der Waals surface area contributed by atoms with Gasteiger partial charge in [0.15, 0.2) is 0 Å². The standard InChI is InChI=1S/C12H24N2O/c1-6-13(7-2)9-10-14(8-3)12(15)11(4)5/h4,6-10H2,1-3,5H3. The minimum atomic E-state index is 0.0738. The van der Waals surface area contributed by atoms with E-state index in [0.29, 0.717) is 5.57 Å².